The topological polar surface area (TPSA) is 83.5 Å². The number of para-hydroxylation sites is 1. The highest BCUT2D eigenvalue weighted by atomic mass is 16.5. The molecule has 112 valence electrons. The maximum Gasteiger partial charge on any atom is 0.342 e. The van der Waals surface area contributed by atoms with E-state index < -0.39 is 5.97 Å². The van der Waals surface area contributed by atoms with E-state index in [2.05, 4.69) is 0 Å². The van der Waals surface area contributed by atoms with Crippen molar-refractivity contribution in [1.82, 2.24) is 0 Å². The number of phenolic OH excluding ortho intramolecular Hbond substituents is 1. The Balaban J connectivity index is 2.52. The van der Waals surface area contributed by atoms with Crippen molar-refractivity contribution in [3.05, 3.63) is 46.8 Å². The molecule has 0 aliphatic heterocycles. The third-order valence-corrected chi connectivity index (χ3v) is 3.56. The number of benzene rings is 2. The van der Waals surface area contributed by atoms with Crippen LogP contribution in [0.15, 0.2) is 34.7 Å². The summed E-state index contributed by atoms with van der Waals surface area (Å²) < 4.78 is 10.9. The van der Waals surface area contributed by atoms with E-state index in [-0.39, 0.29) is 34.2 Å². The molecular formula is C17H15NO4. The lowest BCUT2D eigenvalue weighted by atomic mass is 10.0. The van der Waals surface area contributed by atoms with Crippen LogP contribution in [0.2, 0.25) is 0 Å². The van der Waals surface area contributed by atoms with Gasteiger partial charge in [-0.25, -0.2) is 4.79 Å². The van der Waals surface area contributed by atoms with Gasteiger partial charge < -0.3 is 14.3 Å². The van der Waals surface area contributed by atoms with Crippen LogP contribution in [0.4, 0.5) is 0 Å². The molecule has 0 aliphatic carbocycles. The molecule has 0 fully saturated rings. The largest absolute Gasteiger partial charge is 0.507 e. The van der Waals surface area contributed by atoms with Crippen molar-refractivity contribution in [3.8, 4) is 5.75 Å². The normalized spacial score (nSPS) is 11.0. The number of hydrogen-bond acceptors (Lipinski definition) is 5. The summed E-state index contributed by atoms with van der Waals surface area (Å²) in [5.41, 5.74) is 1.45. The maximum atomic E-state index is 12.2. The molecule has 1 aromatic heterocycles. The number of nitrogens with one attached hydrogen (secondary N) is 1. The maximum absolute atomic E-state index is 12.2. The number of carbonyl (C=O) groups excluding carboxylic acids is 1. The van der Waals surface area contributed by atoms with E-state index in [1.807, 2.05) is 0 Å². The fourth-order valence-electron chi connectivity index (χ4n) is 2.58. The Morgan fingerprint density at radius 3 is 2.82 bits per heavy atom. The zero-order valence-electron chi connectivity index (χ0n) is 12.3. The van der Waals surface area contributed by atoms with Crippen LogP contribution in [0.3, 0.4) is 0 Å². The zero-order valence-corrected chi connectivity index (χ0v) is 12.3. The minimum atomic E-state index is -0.525. The minimum absolute atomic E-state index is 0.0833. The van der Waals surface area contributed by atoms with E-state index in [4.69, 9.17) is 14.6 Å². The molecule has 0 aliphatic rings. The van der Waals surface area contributed by atoms with Crippen molar-refractivity contribution in [1.29, 1.82) is 5.41 Å². The van der Waals surface area contributed by atoms with Gasteiger partial charge in [0.2, 0.25) is 0 Å². The van der Waals surface area contributed by atoms with Crippen LogP contribution in [0.5, 0.6) is 5.75 Å². The van der Waals surface area contributed by atoms with Gasteiger partial charge in [0.25, 0.3) is 0 Å². The third-order valence-electron chi connectivity index (χ3n) is 3.56. The summed E-state index contributed by atoms with van der Waals surface area (Å²) in [5.74, 6) is -0.608. The van der Waals surface area contributed by atoms with Crippen LogP contribution >= 0.6 is 0 Å². The number of aromatic hydroxyl groups is 1. The molecule has 0 saturated heterocycles. The number of ether oxygens (including phenoxy) is 1. The highest BCUT2D eigenvalue weighted by Crippen LogP contribution is 2.31. The summed E-state index contributed by atoms with van der Waals surface area (Å²) in [7, 11) is 0. The molecule has 1 heterocycles. The van der Waals surface area contributed by atoms with Gasteiger partial charge in [-0.15, -0.1) is 0 Å². The summed E-state index contributed by atoms with van der Waals surface area (Å²) in [5, 5.41) is 19.4. The first-order valence-electron chi connectivity index (χ1n) is 6.94. The summed E-state index contributed by atoms with van der Waals surface area (Å²) in [6.07, 6.45) is 0. The van der Waals surface area contributed by atoms with Crippen molar-refractivity contribution in [2.24, 2.45) is 0 Å². The number of phenols is 1. The van der Waals surface area contributed by atoms with Crippen LogP contribution < -0.4 is 5.36 Å². The molecule has 3 rings (SSSR count). The van der Waals surface area contributed by atoms with Crippen molar-refractivity contribution < 1.29 is 19.1 Å². The number of carbonyl (C=O) groups is 1. The lowest BCUT2D eigenvalue weighted by molar-refractivity contribution is 0.0526. The van der Waals surface area contributed by atoms with Crippen molar-refractivity contribution in [2.45, 2.75) is 13.8 Å². The molecule has 5 heteroatoms. The Bertz CT molecular complexity index is 956. The van der Waals surface area contributed by atoms with E-state index in [0.29, 0.717) is 16.5 Å². The summed E-state index contributed by atoms with van der Waals surface area (Å²) in [6, 6.07) is 8.50. The SMILES string of the molecule is CCOC(=O)c1c(C)cc(O)c2c(=N)c3ccccc3oc12. The molecule has 3 aromatic rings. The average molecular weight is 297 g/mol. The number of hydrogen-bond donors (Lipinski definition) is 2. The molecule has 22 heavy (non-hydrogen) atoms. The first-order chi connectivity index (χ1) is 10.5. The summed E-state index contributed by atoms with van der Waals surface area (Å²) in [4.78, 5) is 12.2. The predicted octanol–water partition coefficient (Wildman–Crippen LogP) is 3.26. The Labute approximate surface area is 126 Å². The number of aryl methyl sites for hydroxylation is 1. The van der Waals surface area contributed by atoms with E-state index in [0.717, 1.165) is 0 Å². The molecule has 0 atom stereocenters. The Kier molecular flexibility index (Phi) is 3.33. The Hall–Kier alpha value is -2.82. The lowest BCUT2D eigenvalue weighted by Gasteiger charge is -2.11. The van der Waals surface area contributed by atoms with Gasteiger partial charge in [-0.2, -0.15) is 0 Å². The average Bonchev–Trinajstić information content (AvgIpc) is 2.47. The van der Waals surface area contributed by atoms with E-state index in [1.165, 1.54) is 6.07 Å². The van der Waals surface area contributed by atoms with E-state index in [9.17, 15) is 9.90 Å². The van der Waals surface area contributed by atoms with Gasteiger partial charge in [0.05, 0.1) is 17.4 Å². The Morgan fingerprint density at radius 2 is 2.09 bits per heavy atom. The Morgan fingerprint density at radius 1 is 1.36 bits per heavy atom. The van der Waals surface area contributed by atoms with Gasteiger partial charge in [-0.3, -0.25) is 5.41 Å². The lowest BCUT2D eigenvalue weighted by Crippen LogP contribution is -2.11. The van der Waals surface area contributed by atoms with Crippen LogP contribution in [0, 0.1) is 12.3 Å². The van der Waals surface area contributed by atoms with E-state index >= 15 is 0 Å². The molecule has 0 spiro atoms. The first kappa shape index (κ1) is 14.1. The molecule has 0 amide bonds. The minimum Gasteiger partial charge on any atom is -0.507 e. The molecule has 0 radical (unpaired) electrons. The third kappa shape index (κ3) is 2.02. The second-order valence-electron chi connectivity index (χ2n) is 4.99. The molecule has 5 nitrogen and oxygen atoms in total. The predicted molar refractivity (Wildman–Crippen MR) is 81.9 cm³/mol. The van der Waals surface area contributed by atoms with Gasteiger partial charge in [0.1, 0.15) is 16.9 Å². The molecule has 0 bridgehead atoms. The quantitative estimate of drug-likeness (QED) is 0.561. The fraction of sp³-hybridized carbons (Fsp3) is 0.176. The summed E-state index contributed by atoms with van der Waals surface area (Å²) >= 11 is 0. The van der Waals surface area contributed by atoms with Crippen LogP contribution in [0.25, 0.3) is 21.9 Å². The van der Waals surface area contributed by atoms with Gasteiger partial charge in [-0.1, -0.05) is 12.1 Å². The van der Waals surface area contributed by atoms with E-state index in [1.54, 1.807) is 38.1 Å². The first-order valence-corrected chi connectivity index (χ1v) is 6.94. The highest BCUT2D eigenvalue weighted by molar-refractivity contribution is 6.06. The second-order valence-corrected chi connectivity index (χ2v) is 4.99. The van der Waals surface area contributed by atoms with Crippen molar-refractivity contribution in [3.63, 3.8) is 0 Å². The molecule has 2 aromatic carbocycles. The number of fused-ring (bicyclic) bond motifs is 2. The standard InChI is InChI=1S/C17H15NO4/c1-3-21-17(20)13-9(2)8-11(19)14-15(18)10-6-4-5-7-12(10)22-16(13)14/h4-8,18-19H,3H2,1-2H3. The van der Waals surface area contributed by atoms with Crippen molar-refractivity contribution >= 4 is 27.9 Å². The molecule has 2 N–H and O–H groups in total. The van der Waals surface area contributed by atoms with Crippen LogP contribution in [-0.4, -0.2) is 17.7 Å². The number of rotatable bonds is 2. The van der Waals surface area contributed by atoms with Gasteiger partial charge >= 0.3 is 5.97 Å². The van der Waals surface area contributed by atoms with Gasteiger partial charge in [0.15, 0.2) is 5.58 Å². The van der Waals surface area contributed by atoms with Gasteiger partial charge in [-0.05, 0) is 37.6 Å². The zero-order chi connectivity index (χ0) is 15.9. The number of esters is 1. The summed E-state index contributed by atoms with van der Waals surface area (Å²) in [6.45, 7) is 3.65. The monoisotopic (exact) mass is 297 g/mol. The second kappa shape index (κ2) is 5.18. The van der Waals surface area contributed by atoms with Crippen LogP contribution in [-0.2, 0) is 4.74 Å². The smallest absolute Gasteiger partial charge is 0.342 e. The van der Waals surface area contributed by atoms with Crippen molar-refractivity contribution in [2.75, 3.05) is 6.61 Å². The fourth-order valence-corrected chi connectivity index (χ4v) is 2.58. The van der Waals surface area contributed by atoms with Crippen LogP contribution in [0.1, 0.15) is 22.8 Å². The molecule has 0 unspecified atom stereocenters. The molecule has 0 saturated carbocycles. The highest BCUT2D eigenvalue weighted by Gasteiger charge is 2.21. The molecular weight excluding hydrogens is 282 g/mol. The van der Waals surface area contributed by atoms with Gasteiger partial charge in [0, 0.05) is 5.39 Å².